The van der Waals surface area contributed by atoms with E-state index in [1.54, 1.807) is 0 Å². The van der Waals surface area contributed by atoms with Crippen molar-refractivity contribution in [3.63, 3.8) is 0 Å². The predicted molar refractivity (Wildman–Crippen MR) is 76.8 cm³/mol. The third-order valence-electron chi connectivity index (χ3n) is 3.29. The number of nitrogens with one attached hydrogen (secondary N) is 2. The Bertz CT molecular complexity index is 373. The van der Waals surface area contributed by atoms with Crippen LogP contribution < -0.4 is 10.6 Å². The Balaban J connectivity index is 2.32. The van der Waals surface area contributed by atoms with Crippen molar-refractivity contribution in [3.05, 3.63) is 29.8 Å². The second kappa shape index (κ2) is 7.88. The molecule has 0 atom stereocenters. The lowest BCUT2D eigenvalue weighted by atomic mass is 10.0. The SMILES string of the molecule is CCC(CC)CNCC(=O)Nc1ccccc1C. The van der Waals surface area contributed by atoms with Crippen molar-refractivity contribution >= 4 is 11.6 Å². The smallest absolute Gasteiger partial charge is 0.238 e. The minimum absolute atomic E-state index is 0.0234. The molecule has 100 valence electrons. The molecule has 0 aliphatic carbocycles. The third kappa shape index (κ3) is 4.88. The van der Waals surface area contributed by atoms with Gasteiger partial charge in [0.2, 0.25) is 5.91 Å². The number of amides is 1. The molecule has 0 aromatic heterocycles. The number of rotatable bonds is 7. The van der Waals surface area contributed by atoms with Crippen LogP contribution in [0.3, 0.4) is 0 Å². The van der Waals surface area contributed by atoms with E-state index in [9.17, 15) is 4.79 Å². The van der Waals surface area contributed by atoms with Crippen LogP contribution in [0.15, 0.2) is 24.3 Å². The van der Waals surface area contributed by atoms with Crippen LogP contribution in [-0.2, 0) is 4.79 Å². The van der Waals surface area contributed by atoms with Crippen molar-refractivity contribution in [2.24, 2.45) is 5.92 Å². The van der Waals surface area contributed by atoms with Gasteiger partial charge < -0.3 is 10.6 Å². The molecule has 0 fully saturated rings. The van der Waals surface area contributed by atoms with Crippen molar-refractivity contribution < 1.29 is 4.79 Å². The Hall–Kier alpha value is -1.35. The summed E-state index contributed by atoms with van der Waals surface area (Å²) in [5.74, 6) is 0.687. The van der Waals surface area contributed by atoms with E-state index in [0.29, 0.717) is 12.5 Å². The van der Waals surface area contributed by atoms with Gasteiger partial charge in [0.25, 0.3) is 0 Å². The maximum Gasteiger partial charge on any atom is 0.238 e. The lowest BCUT2D eigenvalue weighted by Crippen LogP contribution is -2.31. The number of carbonyl (C=O) groups is 1. The summed E-state index contributed by atoms with van der Waals surface area (Å²) in [7, 11) is 0. The van der Waals surface area contributed by atoms with Crippen LogP contribution >= 0.6 is 0 Å². The summed E-state index contributed by atoms with van der Waals surface area (Å²) >= 11 is 0. The van der Waals surface area contributed by atoms with Gasteiger partial charge in [0.05, 0.1) is 6.54 Å². The topological polar surface area (TPSA) is 41.1 Å². The van der Waals surface area contributed by atoms with Crippen molar-refractivity contribution in [3.8, 4) is 0 Å². The van der Waals surface area contributed by atoms with Crippen LogP contribution in [0.1, 0.15) is 32.3 Å². The first kappa shape index (κ1) is 14.7. The zero-order valence-electron chi connectivity index (χ0n) is 11.6. The molecule has 3 nitrogen and oxygen atoms in total. The largest absolute Gasteiger partial charge is 0.325 e. The number of benzene rings is 1. The van der Waals surface area contributed by atoms with Crippen molar-refractivity contribution in [1.82, 2.24) is 5.32 Å². The maximum absolute atomic E-state index is 11.7. The third-order valence-corrected chi connectivity index (χ3v) is 3.29. The zero-order chi connectivity index (χ0) is 13.4. The first-order chi connectivity index (χ1) is 8.67. The molecule has 0 bridgehead atoms. The molecule has 0 heterocycles. The molecule has 0 radical (unpaired) electrons. The molecular weight excluding hydrogens is 224 g/mol. The number of carbonyl (C=O) groups excluding carboxylic acids is 1. The van der Waals surface area contributed by atoms with E-state index in [2.05, 4.69) is 24.5 Å². The van der Waals surface area contributed by atoms with Gasteiger partial charge in [-0.05, 0) is 31.0 Å². The molecule has 0 saturated heterocycles. The predicted octanol–water partition coefficient (Wildman–Crippen LogP) is 2.96. The number of aryl methyl sites for hydroxylation is 1. The van der Waals surface area contributed by atoms with Crippen molar-refractivity contribution in [1.29, 1.82) is 0 Å². The molecule has 18 heavy (non-hydrogen) atoms. The molecule has 0 aliphatic heterocycles. The molecule has 1 aromatic carbocycles. The Morgan fingerprint density at radius 3 is 2.50 bits per heavy atom. The first-order valence-electron chi connectivity index (χ1n) is 6.73. The van der Waals surface area contributed by atoms with Gasteiger partial charge in [-0.1, -0.05) is 44.9 Å². The van der Waals surface area contributed by atoms with E-state index in [-0.39, 0.29) is 5.91 Å². The monoisotopic (exact) mass is 248 g/mol. The van der Waals surface area contributed by atoms with Gasteiger partial charge in [-0.2, -0.15) is 0 Å². The normalized spacial score (nSPS) is 10.7. The van der Waals surface area contributed by atoms with E-state index in [1.807, 2.05) is 31.2 Å². The summed E-state index contributed by atoms with van der Waals surface area (Å²) in [5, 5.41) is 6.13. The van der Waals surface area contributed by atoms with E-state index >= 15 is 0 Å². The average Bonchev–Trinajstić information content (AvgIpc) is 2.37. The fraction of sp³-hybridized carbons (Fsp3) is 0.533. The molecule has 1 rings (SSSR count). The number of hydrogen-bond donors (Lipinski definition) is 2. The van der Waals surface area contributed by atoms with Gasteiger partial charge in [-0.25, -0.2) is 0 Å². The molecule has 0 spiro atoms. The Kier molecular flexibility index (Phi) is 6.44. The number of para-hydroxylation sites is 1. The van der Waals surface area contributed by atoms with Crippen LogP contribution in [0, 0.1) is 12.8 Å². The second-order valence-corrected chi connectivity index (χ2v) is 4.68. The second-order valence-electron chi connectivity index (χ2n) is 4.68. The van der Waals surface area contributed by atoms with Crippen LogP contribution in [0.5, 0.6) is 0 Å². The highest BCUT2D eigenvalue weighted by Crippen LogP contribution is 2.12. The van der Waals surface area contributed by atoms with E-state index in [4.69, 9.17) is 0 Å². The van der Waals surface area contributed by atoms with Gasteiger partial charge in [-0.3, -0.25) is 4.79 Å². The highest BCUT2D eigenvalue weighted by molar-refractivity contribution is 5.92. The molecule has 1 amide bonds. The molecule has 0 aliphatic rings. The van der Waals surface area contributed by atoms with Gasteiger partial charge in [-0.15, -0.1) is 0 Å². The average molecular weight is 248 g/mol. The fourth-order valence-electron chi connectivity index (χ4n) is 1.87. The van der Waals surface area contributed by atoms with Gasteiger partial charge in [0.1, 0.15) is 0 Å². The first-order valence-corrected chi connectivity index (χ1v) is 6.73. The molecule has 1 aromatic rings. The van der Waals surface area contributed by atoms with Crippen LogP contribution in [0.4, 0.5) is 5.69 Å². The highest BCUT2D eigenvalue weighted by Gasteiger charge is 2.06. The Labute approximate surface area is 110 Å². The standard InChI is InChI=1S/C15H24N2O/c1-4-13(5-2)10-16-11-15(18)17-14-9-7-6-8-12(14)3/h6-9,13,16H,4-5,10-11H2,1-3H3,(H,17,18). The summed E-state index contributed by atoms with van der Waals surface area (Å²) in [5.41, 5.74) is 1.98. The fourth-order valence-corrected chi connectivity index (χ4v) is 1.87. The minimum atomic E-state index is 0.0234. The van der Waals surface area contributed by atoms with E-state index in [1.165, 1.54) is 0 Å². The molecule has 0 unspecified atom stereocenters. The van der Waals surface area contributed by atoms with Crippen LogP contribution in [0.25, 0.3) is 0 Å². The zero-order valence-corrected chi connectivity index (χ0v) is 11.6. The summed E-state index contributed by atoms with van der Waals surface area (Å²) in [6, 6.07) is 7.82. The van der Waals surface area contributed by atoms with Gasteiger partial charge >= 0.3 is 0 Å². The van der Waals surface area contributed by atoms with E-state index in [0.717, 1.165) is 30.6 Å². The quantitative estimate of drug-likeness (QED) is 0.779. The minimum Gasteiger partial charge on any atom is -0.325 e. The van der Waals surface area contributed by atoms with Crippen molar-refractivity contribution in [2.75, 3.05) is 18.4 Å². The summed E-state index contributed by atoms with van der Waals surface area (Å²) < 4.78 is 0. The van der Waals surface area contributed by atoms with E-state index < -0.39 is 0 Å². The number of hydrogen-bond acceptors (Lipinski definition) is 2. The lowest BCUT2D eigenvalue weighted by molar-refractivity contribution is -0.115. The molecular formula is C15H24N2O. The van der Waals surface area contributed by atoms with Gasteiger partial charge in [0.15, 0.2) is 0 Å². The van der Waals surface area contributed by atoms with Crippen LogP contribution in [-0.4, -0.2) is 19.0 Å². The summed E-state index contributed by atoms with van der Waals surface area (Å²) in [6.07, 6.45) is 2.31. The van der Waals surface area contributed by atoms with Crippen LogP contribution in [0.2, 0.25) is 0 Å². The molecule has 0 saturated carbocycles. The lowest BCUT2D eigenvalue weighted by Gasteiger charge is -2.13. The maximum atomic E-state index is 11.7. The van der Waals surface area contributed by atoms with Gasteiger partial charge in [0, 0.05) is 5.69 Å². The molecule has 3 heteroatoms. The highest BCUT2D eigenvalue weighted by atomic mass is 16.1. The van der Waals surface area contributed by atoms with Crippen molar-refractivity contribution in [2.45, 2.75) is 33.6 Å². The Morgan fingerprint density at radius 2 is 1.89 bits per heavy atom. The summed E-state index contributed by atoms with van der Waals surface area (Å²) in [6.45, 7) is 7.65. The molecule has 2 N–H and O–H groups in total. The Morgan fingerprint density at radius 1 is 1.22 bits per heavy atom. The number of anilines is 1. The summed E-state index contributed by atoms with van der Waals surface area (Å²) in [4.78, 5) is 11.7.